The van der Waals surface area contributed by atoms with Gasteiger partial charge in [0.1, 0.15) is 5.82 Å². The molecule has 6 heteroatoms. The molecule has 0 amide bonds. The van der Waals surface area contributed by atoms with Gasteiger partial charge in [-0.2, -0.15) is 0 Å². The third-order valence-corrected chi connectivity index (χ3v) is 4.43. The Morgan fingerprint density at radius 3 is 2.82 bits per heavy atom. The molecule has 1 heterocycles. The van der Waals surface area contributed by atoms with E-state index in [1.54, 1.807) is 6.92 Å². The Bertz CT molecular complexity index is 489. The maximum Gasteiger partial charge on any atom is 0.211 e. The van der Waals surface area contributed by atoms with Crippen LogP contribution >= 0.6 is 0 Å². The lowest BCUT2D eigenvalue weighted by Crippen LogP contribution is -2.28. The van der Waals surface area contributed by atoms with Crippen molar-refractivity contribution < 1.29 is 8.42 Å². The molecule has 1 N–H and O–H groups in total. The molecule has 0 spiro atoms. The van der Waals surface area contributed by atoms with Crippen molar-refractivity contribution in [2.45, 2.75) is 39.2 Å². The van der Waals surface area contributed by atoms with Gasteiger partial charge in [0.15, 0.2) is 0 Å². The molecule has 0 radical (unpaired) electrons. The molecule has 0 bridgehead atoms. The number of aromatic nitrogens is 2. The van der Waals surface area contributed by atoms with E-state index in [2.05, 4.69) is 14.3 Å². The van der Waals surface area contributed by atoms with Crippen molar-refractivity contribution in [3.8, 4) is 0 Å². The first kappa shape index (κ1) is 12.6. The summed E-state index contributed by atoms with van der Waals surface area (Å²) >= 11 is 0. The van der Waals surface area contributed by atoms with Gasteiger partial charge in [0, 0.05) is 30.9 Å². The predicted octanol–water partition coefficient (Wildman–Crippen LogP) is 1.01. The SMILES string of the molecule is CCS(=O)(=O)NCCc1ncc(C)n1C1CC1. The summed E-state index contributed by atoms with van der Waals surface area (Å²) in [4.78, 5) is 4.35. The fourth-order valence-corrected chi connectivity index (χ4v) is 2.55. The van der Waals surface area contributed by atoms with Crippen LogP contribution in [-0.2, 0) is 16.4 Å². The highest BCUT2D eigenvalue weighted by Gasteiger charge is 2.26. The number of hydrogen-bond donors (Lipinski definition) is 1. The molecule has 17 heavy (non-hydrogen) atoms. The molecular weight excluding hydrogens is 238 g/mol. The monoisotopic (exact) mass is 257 g/mol. The number of rotatable bonds is 6. The lowest BCUT2D eigenvalue weighted by atomic mass is 10.4. The summed E-state index contributed by atoms with van der Waals surface area (Å²) in [5.74, 6) is 1.12. The Balaban J connectivity index is 1.95. The molecule has 5 nitrogen and oxygen atoms in total. The van der Waals surface area contributed by atoms with Crippen LogP contribution in [0.1, 0.15) is 37.3 Å². The molecule has 1 saturated carbocycles. The van der Waals surface area contributed by atoms with Gasteiger partial charge in [0.2, 0.25) is 10.0 Å². The van der Waals surface area contributed by atoms with E-state index in [1.165, 1.54) is 18.5 Å². The van der Waals surface area contributed by atoms with Crippen LogP contribution in [0.15, 0.2) is 6.20 Å². The van der Waals surface area contributed by atoms with Gasteiger partial charge in [0.25, 0.3) is 0 Å². The Kier molecular flexibility index (Phi) is 3.53. The zero-order valence-electron chi connectivity index (χ0n) is 10.3. The number of nitrogens with zero attached hydrogens (tertiary/aromatic N) is 2. The number of imidazole rings is 1. The minimum Gasteiger partial charge on any atom is -0.329 e. The summed E-state index contributed by atoms with van der Waals surface area (Å²) in [6.07, 6.45) is 4.95. The van der Waals surface area contributed by atoms with E-state index < -0.39 is 10.0 Å². The van der Waals surface area contributed by atoms with Crippen molar-refractivity contribution in [2.24, 2.45) is 0 Å². The van der Waals surface area contributed by atoms with Crippen LogP contribution < -0.4 is 4.72 Å². The van der Waals surface area contributed by atoms with Gasteiger partial charge in [-0.05, 0) is 26.7 Å². The molecule has 96 valence electrons. The highest BCUT2D eigenvalue weighted by atomic mass is 32.2. The number of sulfonamides is 1. The van der Waals surface area contributed by atoms with Gasteiger partial charge in [-0.25, -0.2) is 18.1 Å². The van der Waals surface area contributed by atoms with Crippen molar-refractivity contribution in [1.82, 2.24) is 14.3 Å². The lowest BCUT2D eigenvalue weighted by molar-refractivity contribution is 0.579. The fraction of sp³-hybridized carbons (Fsp3) is 0.727. The van der Waals surface area contributed by atoms with E-state index in [-0.39, 0.29) is 5.75 Å². The van der Waals surface area contributed by atoms with Crippen LogP contribution in [0.25, 0.3) is 0 Å². The normalized spacial score (nSPS) is 16.4. The molecule has 1 aromatic rings. The summed E-state index contributed by atoms with van der Waals surface area (Å²) in [5.41, 5.74) is 1.17. The Morgan fingerprint density at radius 2 is 2.24 bits per heavy atom. The predicted molar refractivity (Wildman–Crippen MR) is 66.4 cm³/mol. The van der Waals surface area contributed by atoms with Crippen LogP contribution in [-0.4, -0.2) is 30.3 Å². The van der Waals surface area contributed by atoms with Crippen molar-refractivity contribution in [2.75, 3.05) is 12.3 Å². The number of aryl methyl sites for hydroxylation is 1. The quantitative estimate of drug-likeness (QED) is 0.827. The summed E-state index contributed by atoms with van der Waals surface area (Å²) in [6, 6.07) is 0.593. The molecule has 1 aromatic heterocycles. The highest BCUT2D eigenvalue weighted by molar-refractivity contribution is 7.89. The molecule has 1 aliphatic rings. The average molecular weight is 257 g/mol. The van der Waals surface area contributed by atoms with Crippen LogP contribution in [0.3, 0.4) is 0 Å². The molecular formula is C11H19N3O2S. The van der Waals surface area contributed by atoms with E-state index in [1.807, 2.05) is 13.1 Å². The summed E-state index contributed by atoms with van der Waals surface area (Å²) in [7, 11) is -3.09. The Hall–Kier alpha value is -0.880. The van der Waals surface area contributed by atoms with Gasteiger partial charge in [-0.15, -0.1) is 0 Å². The molecule has 2 rings (SSSR count). The number of hydrogen-bond acceptors (Lipinski definition) is 3. The number of nitrogens with one attached hydrogen (secondary N) is 1. The maximum absolute atomic E-state index is 11.3. The van der Waals surface area contributed by atoms with E-state index >= 15 is 0 Å². The standard InChI is InChI=1S/C11H19N3O2S/c1-3-17(15,16)13-7-6-11-12-8-9(2)14(11)10-4-5-10/h8,10,13H,3-7H2,1-2H3. The second-order valence-electron chi connectivity index (χ2n) is 4.46. The van der Waals surface area contributed by atoms with Gasteiger partial charge >= 0.3 is 0 Å². The van der Waals surface area contributed by atoms with E-state index in [0.717, 1.165) is 5.82 Å². The minimum atomic E-state index is -3.09. The van der Waals surface area contributed by atoms with Crippen molar-refractivity contribution in [3.05, 3.63) is 17.7 Å². The summed E-state index contributed by atoms with van der Waals surface area (Å²) in [5, 5.41) is 0. The third kappa shape index (κ3) is 3.07. The first-order valence-corrected chi connectivity index (χ1v) is 7.69. The molecule has 0 unspecified atom stereocenters. The topological polar surface area (TPSA) is 64.0 Å². The molecule has 0 atom stereocenters. The van der Waals surface area contributed by atoms with Crippen LogP contribution in [0.5, 0.6) is 0 Å². The average Bonchev–Trinajstić information content (AvgIpc) is 3.04. The van der Waals surface area contributed by atoms with E-state index in [0.29, 0.717) is 19.0 Å². The molecule has 0 aliphatic heterocycles. The lowest BCUT2D eigenvalue weighted by Gasteiger charge is -2.09. The van der Waals surface area contributed by atoms with Gasteiger partial charge in [-0.3, -0.25) is 0 Å². The maximum atomic E-state index is 11.3. The third-order valence-electron chi connectivity index (χ3n) is 3.02. The van der Waals surface area contributed by atoms with E-state index in [9.17, 15) is 8.42 Å². The zero-order valence-corrected chi connectivity index (χ0v) is 11.1. The van der Waals surface area contributed by atoms with Gasteiger partial charge < -0.3 is 4.57 Å². The van der Waals surface area contributed by atoms with Crippen molar-refractivity contribution >= 4 is 10.0 Å². The second-order valence-corrected chi connectivity index (χ2v) is 6.56. The summed E-state index contributed by atoms with van der Waals surface area (Å²) < 4.78 is 27.4. The molecule has 0 aromatic carbocycles. The van der Waals surface area contributed by atoms with Crippen LogP contribution in [0.2, 0.25) is 0 Å². The van der Waals surface area contributed by atoms with Crippen LogP contribution in [0.4, 0.5) is 0 Å². The smallest absolute Gasteiger partial charge is 0.211 e. The molecule has 1 aliphatic carbocycles. The first-order chi connectivity index (χ1) is 8.03. The molecule has 0 saturated heterocycles. The largest absolute Gasteiger partial charge is 0.329 e. The fourth-order valence-electron chi connectivity index (χ4n) is 1.93. The summed E-state index contributed by atoms with van der Waals surface area (Å²) in [6.45, 7) is 4.11. The Morgan fingerprint density at radius 1 is 1.53 bits per heavy atom. The van der Waals surface area contributed by atoms with E-state index in [4.69, 9.17) is 0 Å². The minimum absolute atomic E-state index is 0.128. The first-order valence-electron chi connectivity index (χ1n) is 6.03. The Labute approximate surface area is 102 Å². The second kappa shape index (κ2) is 4.78. The van der Waals surface area contributed by atoms with Gasteiger partial charge in [-0.1, -0.05) is 0 Å². The highest BCUT2D eigenvalue weighted by Crippen LogP contribution is 2.36. The zero-order chi connectivity index (χ0) is 12.5. The molecule has 1 fully saturated rings. The van der Waals surface area contributed by atoms with Gasteiger partial charge in [0.05, 0.1) is 5.75 Å². The van der Waals surface area contributed by atoms with Crippen molar-refractivity contribution in [3.63, 3.8) is 0 Å². The van der Waals surface area contributed by atoms with Crippen molar-refractivity contribution in [1.29, 1.82) is 0 Å². The van der Waals surface area contributed by atoms with Crippen LogP contribution in [0, 0.1) is 6.92 Å².